The monoisotopic (exact) mass is 444 g/mol. The topological polar surface area (TPSA) is 204 Å². The Hall–Kier alpha value is -2.82. The Morgan fingerprint density at radius 2 is 1.50 bits per heavy atom. The molecule has 14 nitrogen and oxygen atoms in total. The molecule has 28 heavy (non-hydrogen) atoms. The van der Waals surface area contributed by atoms with Gasteiger partial charge in [0, 0.05) is 0 Å². The average molecular weight is 444 g/mol. The third-order valence-electron chi connectivity index (χ3n) is 2.59. The highest BCUT2D eigenvalue weighted by Gasteiger charge is 2.26. The van der Waals surface area contributed by atoms with E-state index >= 15 is 0 Å². The van der Waals surface area contributed by atoms with Crippen molar-refractivity contribution in [2.45, 2.75) is 6.10 Å². The number of amides is 2. The molecule has 0 radical (unpaired) electrons. The van der Waals surface area contributed by atoms with Gasteiger partial charge in [0.15, 0.2) is 11.5 Å². The fourth-order valence-corrected chi connectivity index (χ4v) is 2.97. The molecular formula is C12H16N2O12S2. The molecule has 0 aliphatic carbocycles. The normalized spacial score (nSPS) is 12.6. The van der Waals surface area contributed by atoms with Crippen molar-refractivity contribution in [2.75, 3.05) is 20.3 Å². The second-order valence-electron chi connectivity index (χ2n) is 4.69. The Kier molecular flexibility index (Phi) is 8.23. The first-order valence-electron chi connectivity index (χ1n) is 7.04. The molecule has 0 aliphatic rings. The number of carboxylic acid groups (broad SMARTS) is 2. The van der Waals surface area contributed by atoms with E-state index in [1.807, 2.05) is 0 Å². The van der Waals surface area contributed by atoms with E-state index in [-0.39, 0.29) is 11.5 Å². The maximum Gasteiger partial charge on any atom is 0.420 e. The molecule has 158 valence electrons. The van der Waals surface area contributed by atoms with Gasteiger partial charge >= 0.3 is 32.8 Å². The van der Waals surface area contributed by atoms with Gasteiger partial charge in [-0.3, -0.25) is 4.18 Å². The molecule has 1 rings (SSSR count). The number of hydrogen-bond acceptors (Lipinski definition) is 10. The van der Waals surface area contributed by atoms with Crippen molar-refractivity contribution < 1.29 is 54.5 Å². The van der Waals surface area contributed by atoms with Gasteiger partial charge in [-0.1, -0.05) is 12.1 Å². The number of carbonyl (C=O) groups is 2. The molecule has 0 aliphatic heterocycles. The second-order valence-corrected chi connectivity index (χ2v) is 7.34. The number of rotatable bonds is 11. The van der Waals surface area contributed by atoms with E-state index in [1.54, 1.807) is 12.1 Å². The Bertz CT molecular complexity index is 899. The average Bonchev–Trinajstić information content (AvgIpc) is 2.55. The molecule has 4 N–H and O–H groups in total. The zero-order valence-electron chi connectivity index (χ0n) is 14.1. The number of nitrogens with one attached hydrogen (secondary N) is 2. The van der Waals surface area contributed by atoms with E-state index in [2.05, 4.69) is 8.37 Å². The van der Waals surface area contributed by atoms with E-state index in [0.717, 1.165) is 9.44 Å². The van der Waals surface area contributed by atoms with Crippen LogP contribution in [-0.2, 0) is 29.0 Å². The number of methoxy groups -OCH3 is 1. The first kappa shape index (κ1) is 23.2. The molecule has 0 bridgehead atoms. The zero-order chi connectivity index (χ0) is 21.4. The third kappa shape index (κ3) is 8.71. The van der Waals surface area contributed by atoms with Crippen molar-refractivity contribution in [3.63, 3.8) is 0 Å². The van der Waals surface area contributed by atoms with Gasteiger partial charge in [0.05, 0.1) is 13.7 Å². The Morgan fingerprint density at radius 3 is 2.04 bits per heavy atom. The summed E-state index contributed by atoms with van der Waals surface area (Å²) in [5.74, 6) is 0.391. The van der Waals surface area contributed by atoms with Crippen molar-refractivity contribution in [1.29, 1.82) is 0 Å². The Balaban J connectivity index is 2.90. The summed E-state index contributed by atoms with van der Waals surface area (Å²) in [4.78, 5) is 20.9. The van der Waals surface area contributed by atoms with Gasteiger partial charge < -0.3 is 19.7 Å². The van der Waals surface area contributed by atoms with Crippen LogP contribution in [0.25, 0.3) is 0 Å². The predicted octanol–water partition coefficient (Wildman–Crippen LogP) is -0.499. The fourth-order valence-electron chi connectivity index (χ4n) is 1.64. The summed E-state index contributed by atoms with van der Waals surface area (Å²) >= 11 is 0. The van der Waals surface area contributed by atoms with Gasteiger partial charge in [-0.2, -0.15) is 26.3 Å². The highest BCUT2D eigenvalue weighted by molar-refractivity contribution is 7.85. The third-order valence-corrected chi connectivity index (χ3v) is 4.41. The van der Waals surface area contributed by atoms with Gasteiger partial charge in [-0.15, -0.1) is 0 Å². The molecule has 16 heteroatoms. The van der Waals surface area contributed by atoms with Crippen molar-refractivity contribution in [3.8, 4) is 11.5 Å². The van der Waals surface area contributed by atoms with E-state index < -0.39 is 52.1 Å². The Labute approximate surface area is 159 Å². The molecule has 1 aromatic rings. The summed E-state index contributed by atoms with van der Waals surface area (Å²) in [6, 6.07) is 6.15. The largest absolute Gasteiger partial charge is 0.493 e. The number of ether oxygens (including phenoxy) is 2. The maximum absolute atomic E-state index is 11.6. The molecule has 0 fully saturated rings. The minimum Gasteiger partial charge on any atom is -0.493 e. The van der Waals surface area contributed by atoms with Gasteiger partial charge in [-0.25, -0.2) is 13.8 Å². The fraction of sp³-hybridized carbons (Fsp3) is 0.333. The molecule has 0 spiro atoms. The summed E-state index contributed by atoms with van der Waals surface area (Å²) < 4.78 is 67.1. The second kappa shape index (κ2) is 9.93. The van der Waals surface area contributed by atoms with Crippen LogP contribution in [0.15, 0.2) is 24.3 Å². The van der Waals surface area contributed by atoms with Crippen LogP contribution in [0.1, 0.15) is 0 Å². The lowest BCUT2D eigenvalue weighted by Crippen LogP contribution is -2.39. The standard InChI is InChI=1S/C12H16N2O12S2/c1-23-9-4-2-3-5-10(9)24-6-8(26-28(21,22)14-12(17)18)7-25-27(19,20)13-11(15)16/h2-5,8,13-14H,6-7H2,1H3,(H,15,16)(H,17,18). The van der Waals surface area contributed by atoms with Crippen LogP contribution in [-0.4, -0.2) is 65.7 Å². The number of para-hydroxylation sites is 2. The van der Waals surface area contributed by atoms with E-state index in [9.17, 15) is 26.4 Å². The van der Waals surface area contributed by atoms with Crippen LogP contribution in [0.4, 0.5) is 9.59 Å². The van der Waals surface area contributed by atoms with E-state index in [1.165, 1.54) is 19.2 Å². The summed E-state index contributed by atoms with van der Waals surface area (Å²) in [6.07, 6.45) is -5.58. The molecular weight excluding hydrogens is 428 g/mol. The summed E-state index contributed by atoms with van der Waals surface area (Å²) in [6.45, 7) is -1.66. The lowest BCUT2D eigenvalue weighted by atomic mass is 10.3. The van der Waals surface area contributed by atoms with Crippen molar-refractivity contribution in [3.05, 3.63) is 24.3 Å². The lowest BCUT2D eigenvalue weighted by molar-refractivity contribution is 0.0847. The van der Waals surface area contributed by atoms with Gasteiger partial charge in [-0.05, 0) is 12.1 Å². The molecule has 0 saturated heterocycles. The van der Waals surface area contributed by atoms with Crippen LogP contribution in [0, 0.1) is 0 Å². The van der Waals surface area contributed by atoms with Crippen LogP contribution < -0.4 is 18.9 Å². The van der Waals surface area contributed by atoms with Crippen LogP contribution in [0.2, 0.25) is 0 Å². The first-order chi connectivity index (χ1) is 12.9. The first-order valence-corrected chi connectivity index (χ1v) is 9.85. The summed E-state index contributed by atoms with van der Waals surface area (Å²) in [5, 5.41) is 16.9. The SMILES string of the molecule is COc1ccccc1OCC(COS(=O)(=O)NC(=O)O)OS(=O)(=O)NC(=O)O. The smallest absolute Gasteiger partial charge is 0.420 e. The molecule has 0 heterocycles. The highest BCUT2D eigenvalue weighted by atomic mass is 32.2. The summed E-state index contributed by atoms with van der Waals surface area (Å²) in [7, 11) is -8.32. The van der Waals surface area contributed by atoms with Crippen LogP contribution >= 0.6 is 0 Å². The van der Waals surface area contributed by atoms with Gasteiger partial charge in [0.2, 0.25) is 0 Å². The van der Waals surface area contributed by atoms with Crippen LogP contribution in [0.5, 0.6) is 11.5 Å². The van der Waals surface area contributed by atoms with Crippen molar-refractivity contribution in [2.24, 2.45) is 0 Å². The highest BCUT2D eigenvalue weighted by Crippen LogP contribution is 2.26. The Morgan fingerprint density at radius 1 is 0.964 bits per heavy atom. The minimum absolute atomic E-state index is 0.133. The molecule has 2 amide bonds. The van der Waals surface area contributed by atoms with Crippen molar-refractivity contribution in [1.82, 2.24) is 9.44 Å². The van der Waals surface area contributed by atoms with E-state index in [0.29, 0.717) is 0 Å². The molecule has 0 saturated carbocycles. The molecule has 1 aromatic carbocycles. The summed E-state index contributed by atoms with van der Waals surface area (Å²) in [5.41, 5.74) is 0. The molecule has 0 aromatic heterocycles. The molecule has 1 unspecified atom stereocenters. The number of benzene rings is 1. The van der Waals surface area contributed by atoms with Gasteiger partial charge in [0.25, 0.3) is 0 Å². The lowest BCUT2D eigenvalue weighted by Gasteiger charge is -2.18. The van der Waals surface area contributed by atoms with E-state index in [4.69, 9.17) is 19.7 Å². The predicted molar refractivity (Wildman–Crippen MR) is 89.5 cm³/mol. The van der Waals surface area contributed by atoms with Crippen LogP contribution in [0.3, 0.4) is 0 Å². The van der Waals surface area contributed by atoms with Gasteiger partial charge in [0.1, 0.15) is 12.7 Å². The molecule has 1 atom stereocenters. The number of hydrogen-bond donors (Lipinski definition) is 4. The van der Waals surface area contributed by atoms with Crippen molar-refractivity contribution >= 4 is 32.8 Å². The maximum atomic E-state index is 11.6. The zero-order valence-corrected chi connectivity index (χ0v) is 15.7. The quantitative estimate of drug-likeness (QED) is 0.341. The minimum atomic E-state index is -4.86.